The van der Waals surface area contributed by atoms with Gasteiger partial charge in [-0.1, -0.05) is 65.7 Å². The number of carbonyl (C=O) groups excluding carboxylic acids is 1. The Morgan fingerprint density at radius 3 is 2.30 bits per heavy atom. The van der Waals surface area contributed by atoms with Gasteiger partial charge in [-0.05, 0) is 48.6 Å². The fourth-order valence-corrected chi connectivity index (χ4v) is 4.26. The van der Waals surface area contributed by atoms with Crippen LogP contribution in [-0.2, 0) is 6.61 Å². The number of ether oxygens (including phenoxy) is 1. The Bertz CT molecular complexity index is 998. The van der Waals surface area contributed by atoms with E-state index in [1.54, 1.807) is 24.3 Å². The van der Waals surface area contributed by atoms with Crippen LogP contribution < -0.4 is 4.74 Å². The first-order valence-corrected chi connectivity index (χ1v) is 10.7. The average molecular weight is 441 g/mol. The van der Waals surface area contributed by atoms with Crippen LogP contribution in [0.4, 0.5) is 0 Å². The first kappa shape index (κ1) is 20.7. The zero-order chi connectivity index (χ0) is 20.9. The van der Waals surface area contributed by atoms with Crippen molar-refractivity contribution in [3.05, 3.63) is 93.7 Å². The van der Waals surface area contributed by atoms with Gasteiger partial charge in [0.05, 0.1) is 15.7 Å². The molecular weight excluding hydrogens is 419 g/mol. The molecule has 0 spiro atoms. The zero-order valence-electron chi connectivity index (χ0n) is 16.4. The Morgan fingerprint density at radius 1 is 0.933 bits per heavy atom. The molecule has 154 valence electrons. The smallest absolute Gasteiger partial charge is 0.272 e. The summed E-state index contributed by atoms with van der Waals surface area (Å²) >= 11 is 12.3. The summed E-state index contributed by atoms with van der Waals surface area (Å²) in [5, 5.41) is 0.882. The minimum atomic E-state index is -0.0425. The number of halogens is 2. The van der Waals surface area contributed by atoms with Crippen molar-refractivity contribution < 1.29 is 9.53 Å². The quantitative estimate of drug-likeness (QED) is 0.489. The van der Waals surface area contributed by atoms with Gasteiger partial charge in [-0.2, -0.15) is 0 Å². The van der Waals surface area contributed by atoms with E-state index in [9.17, 15) is 4.79 Å². The van der Waals surface area contributed by atoms with E-state index >= 15 is 0 Å². The van der Waals surface area contributed by atoms with Gasteiger partial charge in [-0.25, -0.2) is 4.98 Å². The van der Waals surface area contributed by atoms with Crippen LogP contribution in [0.15, 0.2) is 66.7 Å². The monoisotopic (exact) mass is 440 g/mol. The summed E-state index contributed by atoms with van der Waals surface area (Å²) in [6.45, 7) is 1.65. The van der Waals surface area contributed by atoms with E-state index in [-0.39, 0.29) is 12.5 Å². The number of hydrogen-bond donors (Lipinski definition) is 0. The highest BCUT2D eigenvalue weighted by Gasteiger charge is 2.25. The highest BCUT2D eigenvalue weighted by molar-refractivity contribution is 6.37. The van der Waals surface area contributed by atoms with Gasteiger partial charge in [0, 0.05) is 13.1 Å². The fourth-order valence-electron chi connectivity index (χ4n) is 3.75. The predicted molar refractivity (Wildman–Crippen MR) is 119 cm³/mol. The molecule has 4 rings (SSSR count). The molecule has 30 heavy (non-hydrogen) atoms. The lowest BCUT2D eigenvalue weighted by Crippen LogP contribution is -2.38. The van der Waals surface area contributed by atoms with Crippen molar-refractivity contribution in [3.8, 4) is 5.75 Å². The van der Waals surface area contributed by atoms with Crippen LogP contribution in [0.2, 0.25) is 10.0 Å². The number of hydrogen-bond acceptors (Lipinski definition) is 3. The maximum atomic E-state index is 13.0. The third kappa shape index (κ3) is 4.77. The molecule has 0 saturated carbocycles. The molecule has 2 aromatic carbocycles. The van der Waals surface area contributed by atoms with Gasteiger partial charge >= 0.3 is 0 Å². The summed E-state index contributed by atoms with van der Waals surface area (Å²) in [7, 11) is 0. The molecule has 1 amide bonds. The SMILES string of the molecule is O=C(c1cccc(COc2c(Cl)cccc2Cl)n1)N1CCC(c2ccccc2)CC1. The van der Waals surface area contributed by atoms with Gasteiger partial charge in [0.15, 0.2) is 5.75 Å². The molecule has 0 bridgehead atoms. The van der Waals surface area contributed by atoms with Crippen LogP contribution in [-0.4, -0.2) is 28.9 Å². The number of aromatic nitrogens is 1. The largest absolute Gasteiger partial charge is 0.484 e. The Kier molecular flexibility index (Phi) is 6.56. The topological polar surface area (TPSA) is 42.4 Å². The zero-order valence-corrected chi connectivity index (χ0v) is 17.9. The standard InChI is InChI=1S/C24H22Cl2N2O2/c25-20-9-5-10-21(26)23(20)30-16-19-8-4-11-22(27-19)24(29)28-14-12-18(13-15-28)17-6-2-1-3-7-17/h1-11,18H,12-16H2. The maximum Gasteiger partial charge on any atom is 0.272 e. The van der Waals surface area contributed by atoms with Crippen molar-refractivity contribution in [2.24, 2.45) is 0 Å². The normalized spacial score (nSPS) is 14.5. The molecule has 1 aliphatic heterocycles. The van der Waals surface area contributed by atoms with E-state index in [2.05, 4.69) is 29.2 Å². The van der Waals surface area contributed by atoms with Crippen molar-refractivity contribution in [2.45, 2.75) is 25.4 Å². The first-order chi connectivity index (χ1) is 14.6. The molecule has 2 heterocycles. The Balaban J connectivity index is 1.38. The fraction of sp³-hybridized carbons (Fsp3) is 0.250. The van der Waals surface area contributed by atoms with Crippen molar-refractivity contribution in [3.63, 3.8) is 0 Å². The molecule has 3 aromatic rings. The van der Waals surface area contributed by atoms with E-state index in [4.69, 9.17) is 27.9 Å². The summed E-state index contributed by atoms with van der Waals surface area (Å²) in [5.41, 5.74) is 2.43. The summed E-state index contributed by atoms with van der Waals surface area (Å²) in [4.78, 5) is 19.3. The van der Waals surface area contributed by atoms with E-state index in [1.807, 2.05) is 23.1 Å². The van der Waals surface area contributed by atoms with Gasteiger partial charge in [-0.3, -0.25) is 4.79 Å². The van der Waals surface area contributed by atoms with Gasteiger partial charge in [0.1, 0.15) is 12.3 Å². The number of piperidine rings is 1. The third-order valence-electron chi connectivity index (χ3n) is 5.36. The number of carbonyl (C=O) groups is 1. The molecule has 0 unspecified atom stereocenters. The van der Waals surface area contributed by atoms with Crippen molar-refractivity contribution in [1.29, 1.82) is 0 Å². The van der Waals surface area contributed by atoms with Gasteiger partial charge in [0.25, 0.3) is 5.91 Å². The van der Waals surface area contributed by atoms with Crippen molar-refractivity contribution >= 4 is 29.1 Å². The molecule has 4 nitrogen and oxygen atoms in total. The second-order valence-electron chi connectivity index (χ2n) is 7.33. The minimum absolute atomic E-state index is 0.0425. The molecule has 1 saturated heterocycles. The second kappa shape index (κ2) is 9.50. The summed E-state index contributed by atoms with van der Waals surface area (Å²) < 4.78 is 5.75. The number of likely N-dealkylation sites (tertiary alicyclic amines) is 1. The highest BCUT2D eigenvalue weighted by atomic mass is 35.5. The number of amides is 1. The summed E-state index contributed by atoms with van der Waals surface area (Å²) in [6.07, 6.45) is 1.92. The highest BCUT2D eigenvalue weighted by Crippen LogP contribution is 2.33. The van der Waals surface area contributed by atoms with Crippen LogP contribution in [0, 0.1) is 0 Å². The van der Waals surface area contributed by atoms with Crippen LogP contribution in [0.25, 0.3) is 0 Å². The molecule has 0 atom stereocenters. The number of para-hydroxylation sites is 1. The van der Waals surface area contributed by atoms with Crippen LogP contribution in [0.5, 0.6) is 5.75 Å². The molecule has 1 fully saturated rings. The molecule has 6 heteroatoms. The Morgan fingerprint density at radius 2 is 1.60 bits per heavy atom. The van der Waals surface area contributed by atoms with Gasteiger partial charge in [-0.15, -0.1) is 0 Å². The Labute approximate surface area is 186 Å². The Hall–Kier alpha value is -2.56. The number of nitrogens with zero attached hydrogens (tertiary/aromatic N) is 2. The van der Waals surface area contributed by atoms with Crippen molar-refractivity contribution in [1.82, 2.24) is 9.88 Å². The van der Waals surface area contributed by atoms with Crippen LogP contribution in [0.3, 0.4) is 0 Å². The minimum Gasteiger partial charge on any atom is -0.484 e. The predicted octanol–water partition coefficient (Wildman–Crippen LogP) is 5.99. The van der Waals surface area contributed by atoms with E-state index < -0.39 is 0 Å². The lowest BCUT2D eigenvalue weighted by Gasteiger charge is -2.32. The van der Waals surface area contributed by atoms with E-state index in [0.29, 0.717) is 33.1 Å². The number of pyridine rings is 1. The summed E-state index contributed by atoms with van der Waals surface area (Å²) in [6, 6.07) is 21.1. The van der Waals surface area contributed by atoms with Gasteiger partial charge < -0.3 is 9.64 Å². The van der Waals surface area contributed by atoms with Crippen LogP contribution >= 0.6 is 23.2 Å². The molecule has 0 aliphatic carbocycles. The van der Waals surface area contributed by atoms with Crippen molar-refractivity contribution in [2.75, 3.05) is 13.1 Å². The van der Waals surface area contributed by atoms with Crippen LogP contribution in [0.1, 0.15) is 40.5 Å². The third-order valence-corrected chi connectivity index (χ3v) is 5.96. The van der Waals surface area contributed by atoms with Gasteiger partial charge in [0.2, 0.25) is 0 Å². The van der Waals surface area contributed by atoms with E-state index in [0.717, 1.165) is 25.9 Å². The first-order valence-electron chi connectivity index (χ1n) is 9.99. The molecule has 1 aromatic heterocycles. The maximum absolute atomic E-state index is 13.0. The molecular formula is C24H22Cl2N2O2. The molecule has 1 aliphatic rings. The second-order valence-corrected chi connectivity index (χ2v) is 8.15. The lowest BCUT2D eigenvalue weighted by molar-refractivity contribution is 0.0706. The lowest BCUT2D eigenvalue weighted by atomic mass is 9.89. The molecule has 0 N–H and O–H groups in total. The number of rotatable bonds is 5. The number of benzene rings is 2. The molecule has 0 radical (unpaired) electrons. The van der Waals surface area contributed by atoms with E-state index in [1.165, 1.54) is 5.56 Å². The average Bonchev–Trinajstić information content (AvgIpc) is 2.79. The summed E-state index contributed by atoms with van der Waals surface area (Å²) in [5.74, 6) is 0.879.